The molecule has 0 saturated heterocycles. The van der Waals surface area contributed by atoms with Gasteiger partial charge in [-0.1, -0.05) is 15.9 Å². The minimum absolute atomic E-state index is 0.163. The van der Waals surface area contributed by atoms with Crippen LogP contribution in [-0.2, 0) is 17.4 Å². The van der Waals surface area contributed by atoms with Gasteiger partial charge in [-0.05, 0) is 30.2 Å². The first-order valence-electron chi connectivity index (χ1n) is 5.03. The molecule has 0 atom stereocenters. The molecule has 1 aromatic carbocycles. The number of benzene rings is 1. The third-order valence-corrected chi connectivity index (χ3v) is 3.23. The number of rotatable bonds is 4. The second kappa shape index (κ2) is 6.43. The molecule has 0 heterocycles. The fourth-order valence-electron chi connectivity index (χ4n) is 1.33. The maximum Gasteiger partial charge on any atom is 0.416 e. The van der Waals surface area contributed by atoms with Gasteiger partial charge in [0.1, 0.15) is 5.88 Å². The van der Waals surface area contributed by atoms with Gasteiger partial charge < -0.3 is 5.32 Å². The molecule has 1 aromatic rings. The van der Waals surface area contributed by atoms with E-state index in [9.17, 15) is 18.0 Å². The van der Waals surface area contributed by atoms with Gasteiger partial charge in [-0.25, -0.2) is 0 Å². The number of alkyl halides is 4. The highest BCUT2D eigenvalue weighted by Gasteiger charge is 2.30. The largest absolute Gasteiger partial charge is 0.416 e. The molecule has 0 aromatic heterocycles. The average molecular weight is 345 g/mol. The molecule has 0 radical (unpaired) electrons. The Bertz CT molecular complexity index is 437. The van der Waals surface area contributed by atoms with Crippen LogP contribution in [0, 0.1) is 0 Å². The third-order valence-electron chi connectivity index (χ3n) is 2.21. The van der Waals surface area contributed by atoms with E-state index in [4.69, 9.17) is 11.6 Å². The zero-order valence-corrected chi connectivity index (χ0v) is 11.5. The highest BCUT2D eigenvalue weighted by atomic mass is 79.9. The second-order valence-electron chi connectivity index (χ2n) is 3.54. The summed E-state index contributed by atoms with van der Waals surface area (Å²) < 4.78 is 38.1. The number of halogens is 5. The van der Waals surface area contributed by atoms with E-state index >= 15 is 0 Å². The van der Waals surface area contributed by atoms with Gasteiger partial charge in [-0.3, -0.25) is 4.79 Å². The molecule has 7 heteroatoms. The summed E-state index contributed by atoms with van der Waals surface area (Å²) in [7, 11) is 0. The van der Waals surface area contributed by atoms with Gasteiger partial charge in [0.2, 0.25) is 5.91 Å². The fourth-order valence-corrected chi connectivity index (χ4v) is 1.87. The molecule has 0 saturated carbocycles. The molecule has 100 valence electrons. The molecule has 0 aliphatic carbocycles. The topological polar surface area (TPSA) is 29.1 Å². The van der Waals surface area contributed by atoms with Crippen LogP contribution in [0.3, 0.4) is 0 Å². The van der Waals surface area contributed by atoms with Crippen LogP contribution in [0.4, 0.5) is 13.2 Å². The van der Waals surface area contributed by atoms with Crippen molar-refractivity contribution in [3.63, 3.8) is 0 Å². The highest BCUT2D eigenvalue weighted by Crippen LogP contribution is 2.31. The summed E-state index contributed by atoms with van der Waals surface area (Å²) in [4.78, 5) is 10.9. The van der Waals surface area contributed by atoms with E-state index in [0.29, 0.717) is 16.5 Å². The Morgan fingerprint density at radius 3 is 2.61 bits per heavy atom. The molecule has 1 rings (SSSR count). The molecular formula is C11H10BrClF3NO. The van der Waals surface area contributed by atoms with E-state index in [1.54, 1.807) is 0 Å². The lowest BCUT2D eigenvalue weighted by Crippen LogP contribution is -2.26. The van der Waals surface area contributed by atoms with E-state index in [1.165, 1.54) is 6.07 Å². The summed E-state index contributed by atoms with van der Waals surface area (Å²) in [6, 6.07) is 3.42. The SMILES string of the molecule is O=C(CCl)NCCc1cc(C(F)(F)F)ccc1Br. The molecule has 2 nitrogen and oxygen atoms in total. The maximum atomic E-state index is 12.5. The Balaban J connectivity index is 2.73. The predicted molar refractivity (Wildman–Crippen MR) is 66.6 cm³/mol. The molecule has 0 aliphatic heterocycles. The van der Waals surface area contributed by atoms with Gasteiger partial charge in [0.05, 0.1) is 5.56 Å². The molecule has 1 amide bonds. The molecule has 18 heavy (non-hydrogen) atoms. The van der Waals surface area contributed by atoms with Crippen molar-refractivity contribution >= 4 is 33.4 Å². The first kappa shape index (κ1) is 15.3. The minimum atomic E-state index is -4.37. The van der Waals surface area contributed by atoms with Gasteiger partial charge in [0.15, 0.2) is 0 Å². The molecule has 0 aliphatic rings. The van der Waals surface area contributed by atoms with Crippen LogP contribution < -0.4 is 5.32 Å². The highest BCUT2D eigenvalue weighted by molar-refractivity contribution is 9.10. The first-order valence-corrected chi connectivity index (χ1v) is 6.35. The van der Waals surface area contributed by atoms with Crippen LogP contribution in [0.5, 0.6) is 0 Å². The van der Waals surface area contributed by atoms with Crippen molar-refractivity contribution in [2.45, 2.75) is 12.6 Å². The maximum absolute atomic E-state index is 12.5. The Labute approximate surface area is 116 Å². The van der Waals surface area contributed by atoms with Gasteiger partial charge in [0.25, 0.3) is 0 Å². The summed E-state index contributed by atoms with van der Waals surface area (Å²) in [6.07, 6.45) is -4.07. The molecule has 0 unspecified atom stereocenters. The predicted octanol–water partition coefficient (Wildman–Crippen LogP) is 3.37. The van der Waals surface area contributed by atoms with Crippen molar-refractivity contribution in [3.8, 4) is 0 Å². The summed E-state index contributed by atoms with van der Waals surface area (Å²) in [6.45, 7) is 0.242. The number of hydrogen-bond acceptors (Lipinski definition) is 1. The van der Waals surface area contributed by atoms with Crippen LogP contribution in [0.25, 0.3) is 0 Å². The Morgan fingerprint density at radius 2 is 2.06 bits per heavy atom. The van der Waals surface area contributed by atoms with E-state index in [1.807, 2.05) is 0 Å². The molecule has 0 bridgehead atoms. The van der Waals surface area contributed by atoms with Crippen molar-refractivity contribution in [2.75, 3.05) is 12.4 Å². The Hall–Kier alpha value is -0.750. The molecular weight excluding hydrogens is 334 g/mol. The quantitative estimate of drug-likeness (QED) is 0.834. The van der Waals surface area contributed by atoms with Crippen LogP contribution >= 0.6 is 27.5 Å². The normalized spacial score (nSPS) is 11.4. The monoisotopic (exact) mass is 343 g/mol. The van der Waals surface area contributed by atoms with E-state index < -0.39 is 11.7 Å². The molecule has 1 N–H and O–H groups in total. The van der Waals surface area contributed by atoms with E-state index in [-0.39, 0.29) is 18.3 Å². The number of carbonyl (C=O) groups is 1. The molecule has 0 fully saturated rings. The summed E-state index contributed by atoms with van der Waals surface area (Å²) in [5.41, 5.74) is -0.218. The van der Waals surface area contributed by atoms with Crippen molar-refractivity contribution in [1.29, 1.82) is 0 Å². The fraction of sp³-hybridized carbons (Fsp3) is 0.364. The van der Waals surface area contributed by atoms with Crippen LogP contribution in [0.15, 0.2) is 22.7 Å². The van der Waals surface area contributed by atoms with Gasteiger partial charge >= 0.3 is 6.18 Å². The minimum Gasteiger partial charge on any atom is -0.355 e. The number of nitrogens with one attached hydrogen (secondary N) is 1. The Kier molecular flexibility index (Phi) is 5.47. The lowest BCUT2D eigenvalue weighted by molar-refractivity contribution is -0.137. The zero-order valence-electron chi connectivity index (χ0n) is 9.15. The third kappa shape index (κ3) is 4.49. The first-order chi connectivity index (χ1) is 8.34. The van der Waals surface area contributed by atoms with Crippen molar-refractivity contribution in [1.82, 2.24) is 5.32 Å². The average Bonchev–Trinajstić information content (AvgIpc) is 2.29. The van der Waals surface area contributed by atoms with Crippen LogP contribution in [-0.4, -0.2) is 18.3 Å². The van der Waals surface area contributed by atoms with Gasteiger partial charge in [0, 0.05) is 11.0 Å². The Morgan fingerprint density at radius 1 is 1.39 bits per heavy atom. The van der Waals surface area contributed by atoms with Crippen molar-refractivity contribution in [2.24, 2.45) is 0 Å². The zero-order chi connectivity index (χ0) is 13.8. The number of carbonyl (C=O) groups excluding carboxylic acids is 1. The standard InChI is InChI=1S/C11H10BrClF3NO/c12-9-2-1-8(11(14,15)16)5-7(9)3-4-17-10(18)6-13/h1-2,5H,3-4,6H2,(H,17,18). The van der Waals surface area contributed by atoms with Crippen molar-refractivity contribution in [3.05, 3.63) is 33.8 Å². The van der Waals surface area contributed by atoms with E-state index in [2.05, 4.69) is 21.2 Å². The second-order valence-corrected chi connectivity index (χ2v) is 4.66. The molecule has 0 spiro atoms. The number of amides is 1. The van der Waals surface area contributed by atoms with Gasteiger partial charge in [-0.2, -0.15) is 13.2 Å². The smallest absolute Gasteiger partial charge is 0.355 e. The summed E-state index contributed by atoms with van der Waals surface area (Å²) >= 11 is 8.46. The van der Waals surface area contributed by atoms with Crippen molar-refractivity contribution < 1.29 is 18.0 Å². The lowest BCUT2D eigenvalue weighted by atomic mass is 10.1. The lowest BCUT2D eigenvalue weighted by Gasteiger charge is -2.11. The van der Waals surface area contributed by atoms with E-state index in [0.717, 1.165) is 12.1 Å². The summed E-state index contributed by atoms with van der Waals surface area (Å²) in [5.74, 6) is -0.510. The number of hydrogen-bond donors (Lipinski definition) is 1. The van der Waals surface area contributed by atoms with Crippen LogP contribution in [0.1, 0.15) is 11.1 Å². The summed E-state index contributed by atoms with van der Waals surface area (Å²) in [5, 5.41) is 2.49. The van der Waals surface area contributed by atoms with Crippen LogP contribution in [0.2, 0.25) is 0 Å². The van der Waals surface area contributed by atoms with Gasteiger partial charge in [-0.15, -0.1) is 11.6 Å².